The maximum Gasteiger partial charge on any atom is 0.0723 e. The lowest BCUT2D eigenvalue weighted by molar-refractivity contribution is -0.0319. The second-order valence-corrected chi connectivity index (χ2v) is 10.8. The SMILES string of the molecule is CC(c1ccc(C2([SiH3])CCCCO2)cc1)C1([SiH3])CCCCO1. The molecule has 4 heteroatoms. The van der Waals surface area contributed by atoms with E-state index >= 15 is 0 Å². The molecule has 2 saturated heterocycles. The molecule has 2 fully saturated rings. The van der Waals surface area contributed by atoms with Gasteiger partial charge in [-0.05, 0) is 49.7 Å². The molecule has 3 atom stereocenters. The Morgan fingerprint density at radius 2 is 1.55 bits per heavy atom. The number of hydrogen-bond acceptors (Lipinski definition) is 2. The van der Waals surface area contributed by atoms with E-state index in [0.717, 1.165) is 33.7 Å². The summed E-state index contributed by atoms with van der Waals surface area (Å²) in [6, 6.07) is 9.29. The Kier molecular flexibility index (Phi) is 4.93. The van der Waals surface area contributed by atoms with Crippen LogP contribution in [0.3, 0.4) is 0 Å². The smallest absolute Gasteiger partial charge is 0.0723 e. The van der Waals surface area contributed by atoms with E-state index in [1.54, 1.807) is 0 Å². The number of ether oxygens (including phenoxy) is 2. The van der Waals surface area contributed by atoms with Crippen LogP contribution in [0, 0.1) is 0 Å². The molecule has 1 aromatic rings. The zero-order valence-corrected chi connectivity index (χ0v) is 18.4. The molecule has 22 heavy (non-hydrogen) atoms. The highest BCUT2D eigenvalue weighted by molar-refractivity contribution is 6.15. The Bertz CT molecular complexity index is 488. The van der Waals surface area contributed by atoms with Gasteiger partial charge in [0.25, 0.3) is 0 Å². The molecular formula is C18H30O2Si2. The molecule has 3 rings (SSSR count). The van der Waals surface area contributed by atoms with Crippen LogP contribution in [0.15, 0.2) is 24.3 Å². The van der Waals surface area contributed by atoms with E-state index in [0.29, 0.717) is 5.92 Å². The van der Waals surface area contributed by atoms with Gasteiger partial charge in [0.15, 0.2) is 0 Å². The van der Waals surface area contributed by atoms with Crippen molar-refractivity contribution in [1.82, 2.24) is 0 Å². The molecule has 122 valence electrons. The third-order valence-corrected chi connectivity index (χ3v) is 8.93. The van der Waals surface area contributed by atoms with Gasteiger partial charge in [-0.1, -0.05) is 31.2 Å². The van der Waals surface area contributed by atoms with Gasteiger partial charge in [0, 0.05) is 39.6 Å². The predicted octanol–water partition coefficient (Wildman–Crippen LogP) is 1.77. The average molecular weight is 335 g/mol. The molecule has 0 aliphatic carbocycles. The molecule has 0 aromatic heterocycles. The molecule has 2 heterocycles. The van der Waals surface area contributed by atoms with Crippen molar-refractivity contribution < 1.29 is 9.47 Å². The van der Waals surface area contributed by atoms with E-state index < -0.39 is 0 Å². The zero-order valence-electron chi connectivity index (χ0n) is 14.4. The summed E-state index contributed by atoms with van der Waals surface area (Å²) < 4.78 is 12.3. The Labute approximate surface area is 140 Å². The van der Waals surface area contributed by atoms with E-state index in [-0.39, 0.29) is 10.4 Å². The Morgan fingerprint density at radius 1 is 0.909 bits per heavy atom. The van der Waals surface area contributed by atoms with Gasteiger partial charge in [0.1, 0.15) is 0 Å². The molecule has 0 N–H and O–H groups in total. The van der Waals surface area contributed by atoms with Crippen molar-refractivity contribution >= 4 is 20.5 Å². The van der Waals surface area contributed by atoms with E-state index in [1.807, 2.05) is 0 Å². The quantitative estimate of drug-likeness (QED) is 0.785. The van der Waals surface area contributed by atoms with Gasteiger partial charge in [-0.25, -0.2) is 0 Å². The minimum atomic E-state index is 0.0556. The van der Waals surface area contributed by atoms with Crippen LogP contribution < -0.4 is 0 Å². The molecular weight excluding hydrogens is 304 g/mol. The Morgan fingerprint density at radius 3 is 2.09 bits per heavy atom. The van der Waals surface area contributed by atoms with Gasteiger partial charge < -0.3 is 9.47 Å². The fourth-order valence-electron chi connectivity index (χ4n) is 3.94. The number of benzene rings is 1. The monoisotopic (exact) mass is 334 g/mol. The standard InChI is InChI=1S/C18H30O2Si2/c1-14(17(21)10-2-4-12-19-17)15-6-8-16(9-7-15)18(22)11-3-5-13-20-18/h6-9,14H,2-5,10-13H2,1,21-22H3. The van der Waals surface area contributed by atoms with E-state index in [9.17, 15) is 0 Å². The maximum absolute atomic E-state index is 6.19. The first kappa shape index (κ1) is 16.4. The molecule has 2 aliphatic rings. The van der Waals surface area contributed by atoms with Crippen LogP contribution in [-0.2, 0) is 14.7 Å². The zero-order chi connectivity index (χ0) is 15.6. The van der Waals surface area contributed by atoms with Crippen molar-refractivity contribution in [3.8, 4) is 0 Å². The average Bonchev–Trinajstić information content (AvgIpc) is 2.56. The highest BCUT2D eigenvalue weighted by Crippen LogP contribution is 2.37. The second-order valence-electron chi connectivity index (χ2n) is 7.50. The Hall–Kier alpha value is -0.426. The molecule has 2 nitrogen and oxygen atoms in total. The van der Waals surface area contributed by atoms with Crippen LogP contribution in [0.5, 0.6) is 0 Å². The second kappa shape index (κ2) is 6.59. The van der Waals surface area contributed by atoms with E-state index in [2.05, 4.69) is 31.2 Å². The highest BCUT2D eigenvalue weighted by Gasteiger charge is 2.35. The minimum Gasteiger partial charge on any atom is -0.379 e. The van der Waals surface area contributed by atoms with Gasteiger partial charge in [-0.3, -0.25) is 0 Å². The lowest BCUT2D eigenvalue weighted by Crippen LogP contribution is -2.41. The number of hydrogen-bond donors (Lipinski definition) is 0. The summed E-state index contributed by atoms with van der Waals surface area (Å²) in [4.78, 5) is 0. The first-order valence-corrected chi connectivity index (χ1v) is 10.9. The molecule has 1 aromatic carbocycles. The van der Waals surface area contributed by atoms with E-state index in [4.69, 9.17) is 9.47 Å². The third-order valence-electron chi connectivity index (χ3n) is 5.91. The minimum absolute atomic E-state index is 0.0556. The van der Waals surface area contributed by atoms with Gasteiger partial charge in [0.05, 0.1) is 10.4 Å². The van der Waals surface area contributed by atoms with Crippen molar-refractivity contribution in [1.29, 1.82) is 0 Å². The summed E-state index contributed by atoms with van der Waals surface area (Å²) in [5.41, 5.74) is 2.82. The van der Waals surface area contributed by atoms with Crippen molar-refractivity contribution in [2.24, 2.45) is 0 Å². The first-order valence-electron chi connectivity index (χ1n) is 8.92. The molecule has 2 aliphatic heterocycles. The molecule has 0 spiro atoms. The molecule has 0 amide bonds. The number of rotatable bonds is 3. The molecule has 0 radical (unpaired) electrons. The van der Waals surface area contributed by atoms with Gasteiger partial charge in [-0.15, -0.1) is 0 Å². The summed E-state index contributed by atoms with van der Waals surface area (Å²) in [5.74, 6) is 0.505. The van der Waals surface area contributed by atoms with Crippen molar-refractivity contribution in [2.45, 2.75) is 61.8 Å². The lowest BCUT2D eigenvalue weighted by atomic mass is 9.88. The maximum atomic E-state index is 6.19. The van der Waals surface area contributed by atoms with Gasteiger partial charge in [0.2, 0.25) is 0 Å². The topological polar surface area (TPSA) is 18.5 Å². The largest absolute Gasteiger partial charge is 0.379 e. The molecule has 3 unspecified atom stereocenters. The summed E-state index contributed by atoms with van der Waals surface area (Å²) in [5, 5.41) is 0.194. The normalized spacial score (nSPS) is 34.6. The fraction of sp³-hybridized carbons (Fsp3) is 0.667. The highest BCUT2D eigenvalue weighted by atomic mass is 28.1. The van der Waals surface area contributed by atoms with Crippen molar-refractivity contribution in [3.05, 3.63) is 35.4 Å². The van der Waals surface area contributed by atoms with E-state index in [1.165, 1.54) is 49.7 Å². The van der Waals surface area contributed by atoms with Crippen LogP contribution in [0.1, 0.15) is 62.5 Å². The summed E-state index contributed by atoms with van der Waals surface area (Å²) >= 11 is 0. The van der Waals surface area contributed by atoms with Crippen LogP contribution >= 0.6 is 0 Å². The predicted molar refractivity (Wildman–Crippen MR) is 98.8 cm³/mol. The van der Waals surface area contributed by atoms with Crippen LogP contribution in [0.25, 0.3) is 0 Å². The Balaban J connectivity index is 1.76. The van der Waals surface area contributed by atoms with Gasteiger partial charge >= 0.3 is 0 Å². The summed E-state index contributed by atoms with van der Waals surface area (Å²) in [6.45, 7) is 4.23. The fourth-order valence-corrected chi connectivity index (χ4v) is 5.72. The van der Waals surface area contributed by atoms with Crippen LogP contribution in [-0.4, -0.2) is 38.9 Å². The third kappa shape index (κ3) is 3.25. The summed E-state index contributed by atoms with van der Waals surface area (Å²) in [6.07, 6.45) is 7.51. The summed E-state index contributed by atoms with van der Waals surface area (Å²) in [7, 11) is 2.18. The van der Waals surface area contributed by atoms with Crippen molar-refractivity contribution in [2.75, 3.05) is 13.2 Å². The van der Waals surface area contributed by atoms with Crippen molar-refractivity contribution in [3.63, 3.8) is 0 Å². The van der Waals surface area contributed by atoms with Crippen LogP contribution in [0.4, 0.5) is 0 Å². The van der Waals surface area contributed by atoms with Crippen LogP contribution in [0.2, 0.25) is 0 Å². The van der Waals surface area contributed by atoms with Gasteiger partial charge in [-0.2, -0.15) is 0 Å². The molecule has 0 saturated carbocycles. The first-order chi connectivity index (χ1) is 10.5. The molecule has 0 bridgehead atoms. The lowest BCUT2D eigenvalue weighted by Gasteiger charge is -2.40.